The second kappa shape index (κ2) is 7.86. The monoisotopic (exact) mass is 358 g/mol. The molecular weight excluding hydrogens is 339 g/mol. The normalized spacial score (nSPS) is 18.9. The summed E-state index contributed by atoms with van der Waals surface area (Å²) in [6.07, 6.45) is -0.620. The first-order valence-electron chi connectivity index (χ1n) is 8.17. The van der Waals surface area contributed by atoms with Crippen molar-refractivity contribution in [1.82, 2.24) is 10.6 Å². The Balaban J connectivity index is 1.68. The lowest BCUT2D eigenvalue weighted by Gasteiger charge is -2.21. The molecule has 1 unspecified atom stereocenters. The van der Waals surface area contributed by atoms with Gasteiger partial charge in [0.1, 0.15) is 18.2 Å². The molecule has 7 heteroatoms. The van der Waals surface area contributed by atoms with Gasteiger partial charge in [0.25, 0.3) is 0 Å². The second-order valence-electron chi connectivity index (χ2n) is 5.95. The van der Waals surface area contributed by atoms with Crippen molar-refractivity contribution in [2.24, 2.45) is 0 Å². The fourth-order valence-electron chi connectivity index (χ4n) is 2.88. The topological polar surface area (TPSA) is 76.7 Å². The Hall–Kier alpha value is -3.09. The molecule has 0 bridgehead atoms. The summed E-state index contributed by atoms with van der Waals surface area (Å²) in [5, 5.41) is 5.33. The zero-order valence-corrected chi connectivity index (χ0v) is 14.2. The first-order chi connectivity index (χ1) is 12.6. The third kappa shape index (κ3) is 4.11. The number of amides is 2. The van der Waals surface area contributed by atoms with E-state index in [2.05, 4.69) is 10.6 Å². The molecule has 3 rings (SSSR count). The number of alkyl carbamates (subject to hydrolysis) is 1. The van der Waals surface area contributed by atoms with Crippen LogP contribution in [-0.4, -0.2) is 25.2 Å². The third-order valence-corrected chi connectivity index (χ3v) is 4.18. The average molecular weight is 358 g/mol. The molecule has 0 radical (unpaired) electrons. The second-order valence-corrected chi connectivity index (χ2v) is 5.95. The van der Waals surface area contributed by atoms with Crippen LogP contribution in [0.1, 0.15) is 23.6 Å². The molecule has 1 fully saturated rings. The SMILES string of the molecule is COc1ccc(F)c([C@H]2NC(=O)CC2NC(=O)OCc2ccccc2)c1. The predicted octanol–water partition coefficient (Wildman–Crippen LogP) is 2.69. The van der Waals surface area contributed by atoms with Gasteiger partial charge in [-0.05, 0) is 23.8 Å². The van der Waals surface area contributed by atoms with Gasteiger partial charge < -0.3 is 20.1 Å². The Morgan fingerprint density at radius 2 is 2.04 bits per heavy atom. The molecule has 2 amide bonds. The van der Waals surface area contributed by atoms with E-state index < -0.39 is 24.0 Å². The number of methoxy groups -OCH3 is 1. The Labute approximate surface area is 150 Å². The van der Waals surface area contributed by atoms with E-state index in [4.69, 9.17) is 9.47 Å². The van der Waals surface area contributed by atoms with Gasteiger partial charge in [-0.1, -0.05) is 30.3 Å². The lowest BCUT2D eigenvalue weighted by molar-refractivity contribution is -0.119. The van der Waals surface area contributed by atoms with Crippen LogP contribution in [0.3, 0.4) is 0 Å². The minimum Gasteiger partial charge on any atom is -0.497 e. The van der Waals surface area contributed by atoms with Crippen LogP contribution in [0.5, 0.6) is 5.75 Å². The highest BCUT2D eigenvalue weighted by Gasteiger charge is 2.36. The number of hydrogen-bond acceptors (Lipinski definition) is 4. The summed E-state index contributed by atoms with van der Waals surface area (Å²) in [5.41, 5.74) is 1.10. The minimum absolute atomic E-state index is 0.0434. The molecule has 0 spiro atoms. The summed E-state index contributed by atoms with van der Waals surface area (Å²) in [6.45, 7) is 0.110. The summed E-state index contributed by atoms with van der Waals surface area (Å²) in [7, 11) is 1.47. The van der Waals surface area contributed by atoms with Gasteiger partial charge in [-0.3, -0.25) is 4.79 Å². The number of ether oxygens (including phenoxy) is 2. The van der Waals surface area contributed by atoms with Crippen molar-refractivity contribution in [2.45, 2.75) is 25.1 Å². The molecule has 26 heavy (non-hydrogen) atoms. The van der Waals surface area contributed by atoms with Crippen molar-refractivity contribution in [3.05, 3.63) is 65.5 Å². The van der Waals surface area contributed by atoms with Crippen LogP contribution in [0.4, 0.5) is 9.18 Å². The van der Waals surface area contributed by atoms with Gasteiger partial charge in [-0.25, -0.2) is 9.18 Å². The van der Waals surface area contributed by atoms with Crippen LogP contribution < -0.4 is 15.4 Å². The molecule has 1 aliphatic rings. The van der Waals surface area contributed by atoms with E-state index >= 15 is 0 Å². The van der Waals surface area contributed by atoms with Gasteiger partial charge >= 0.3 is 6.09 Å². The molecule has 2 atom stereocenters. The summed E-state index contributed by atoms with van der Waals surface area (Å²) >= 11 is 0. The molecule has 2 aromatic carbocycles. The van der Waals surface area contributed by atoms with Gasteiger partial charge in [0, 0.05) is 12.0 Å². The largest absolute Gasteiger partial charge is 0.497 e. The summed E-state index contributed by atoms with van der Waals surface area (Å²) in [4.78, 5) is 23.9. The van der Waals surface area contributed by atoms with Gasteiger partial charge in [0.05, 0.1) is 19.2 Å². The van der Waals surface area contributed by atoms with Crippen LogP contribution in [0, 0.1) is 5.82 Å². The van der Waals surface area contributed by atoms with Crippen LogP contribution in [0.25, 0.3) is 0 Å². The third-order valence-electron chi connectivity index (χ3n) is 4.18. The fourth-order valence-corrected chi connectivity index (χ4v) is 2.88. The maximum absolute atomic E-state index is 14.2. The van der Waals surface area contributed by atoms with Crippen molar-refractivity contribution >= 4 is 12.0 Å². The summed E-state index contributed by atoms with van der Waals surface area (Å²) in [5.74, 6) is -0.291. The quantitative estimate of drug-likeness (QED) is 0.862. The van der Waals surface area contributed by atoms with E-state index in [1.54, 1.807) is 0 Å². The van der Waals surface area contributed by atoms with E-state index in [1.807, 2.05) is 30.3 Å². The molecule has 6 nitrogen and oxygen atoms in total. The first-order valence-corrected chi connectivity index (χ1v) is 8.17. The van der Waals surface area contributed by atoms with Crippen LogP contribution >= 0.6 is 0 Å². The summed E-state index contributed by atoms with van der Waals surface area (Å²) < 4.78 is 24.5. The smallest absolute Gasteiger partial charge is 0.407 e. The molecule has 1 heterocycles. The Bertz CT molecular complexity index is 797. The minimum atomic E-state index is -0.693. The van der Waals surface area contributed by atoms with E-state index in [0.717, 1.165) is 5.56 Å². The Morgan fingerprint density at radius 1 is 1.27 bits per heavy atom. The molecule has 0 aromatic heterocycles. The molecule has 136 valence electrons. The molecular formula is C19H19FN2O4. The number of halogens is 1. The van der Waals surface area contributed by atoms with Gasteiger partial charge in [0.2, 0.25) is 5.91 Å². The van der Waals surface area contributed by atoms with Gasteiger partial charge in [-0.15, -0.1) is 0 Å². The van der Waals surface area contributed by atoms with Crippen LogP contribution in [0.2, 0.25) is 0 Å². The zero-order valence-electron chi connectivity index (χ0n) is 14.2. The number of nitrogens with one attached hydrogen (secondary N) is 2. The molecule has 2 aromatic rings. The molecule has 1 aliphatic heterocycles. The van der Waals surface area contributed by atoms with Gasteiger partial charge in [0.15, 0.2) is 0 Å². The summed E-state index contributed by atoms with van der Waals surface area (Å²) in [6, 6.07) is 12.2. The predicted molar refractivity (Wildman–Crippen MR) is 92.0 cm³/mol. The fraction of sp³-hybridized carbons (Fsp3) is 0.263. The molecule has 0 saturated carbocycles. The number of benzene rings is 2. The standard InChI is InChI=1S/C19H19FN2O4/c1-25-13-7-8-15(20)14(9-13)18-16(10-17(23)22-18)21-19(24)26-11-12-5-3-2-4-6-12/h2-9,16,18H,10-11H2,1H3,(H,21,24)(H,22,23)/t16?,18-/m1/s1. The Kier molecular flexibility index (Phi) is 5.36. The van der Waals surface area contributed by atoms with Crippen molar-refractivity contribution in [3.8, 4) is 5.75 Å². The molecule has 2 N–H and O–H groups in total. The maximum atomic E-state index is 14.2. The number of carbonyl (C=O) groups excluding carboxylic acids is 2. The van der Waals surface area contributed by atoms with Crippen molar-refractivity contribution < 1.29 is 23.5 Å². The van der Waals surface area contributed by atoms with Crippen molar-refractivity contribution in [1.29, 1.82) is 0 Å². The van der Waals surface area contributed by atoms with E-state index in [1.165, 1.54) is 25.3 Å². The highest BCUT2D eigenvalue weighted by molar-refractivity contribution is 5.81. The van der Waals surface area contributed by atoms with Gasteiger partial charge in [-0.2, -0.15) is 0 Å². The zero-order chi connectivity index (χ0) is 18.5. The van der Waals surface area contributed by atoms with E-state index in [0.29, 0.717) is 5.75 Å². The highest BCUT2D eigenvalue weighted by atomic mass is 19.1. The van der Waals surface area contributed by atoms with E-state index in [-0.39, 0.29) is 24.5 Å². The van der Waals surface area contributed by atoms with Crippen molar-refractivity contribution in [2.75, 3.05) is 7.11 Å². The number of hydrogen-bond donors (Lipinski definition) is 2. The van der Waals surface area contributed by atoms with Crippen molar-refractivity contribution in [3.63, 3.8) is 0 Å². The average Bonchev–Trinajstić information content (AvgIpc) is 3.01. The highest BCUT2D eigenvalue weighted by Crippen LogP contribution is 2.29. The first kappa shape index (κ1) is 17.7. The lowest BCUT2D eigenvalue weighted by Crippen LogP contribution is -2.39. The number of rotatable bonds is 5. The van der Waals surface area contributed by atoms with Crippen LogP contribution in [0.15, 0.2) is 48.5 Å². The molecule has 1 saturated heterocycles. The number of carbonyl (C=O) groups is 2. The maximum Gasteiger partial charge on any atom is 0.407 e. The Morgan fingerprint density at radius 3 is 2.77 bits per heavy atom. The van der Waals surface area contributed by atoms with Crippen LogP contribution in [-0.2, 0) is 16.1 Å². The van der Waals surface area contributed by atoms with E-state index in [9.17, 15) is 14.0 Å². The lowest BCUT2D eigenvalue weighted by atomic mass is 10.00. The molecule has 0 aliphatic carbocycles.